The van der Waals surface area contributed by atoms with Gasteiger partial charge in [-0.25, -0.2) is 13.1 Å². The summed E-state index contributed by atoms with van der Waals surface area (Å²) in [5.41, 5.74) is 7.83. The van der Waals surface area contributed by atoms with E-state index in [9.17, 15) is 8.42 Å². The number of nitrogen functional groups attached to an aromatic ring is 1. The van der Waals surface area contributed by atoms with Crippen molar-refractivity contribution < 1.29 is 8.42 Å². The van der Waals surface area contributed by atoms with Gasteiger partial charge in [-0.15, -0.1) is 0 Å². The number of hydrogen-bond donors (Lipinski definition) is 2. The summed E-state index contributed by atoms with van der Waals surface area (Å²) in [6.07, 6.45) is 2.19. The molecule has 3 N–H and O–H groups in total. The van der Waals surface area contributed by atoms with Crippen molar-refractivity contribution in [1.29, 1.82) is 0 Å². The highest BCUT2D eigenvalue weighted by atomic mass is 32.2. The molecule has 1 heterocycles. The number of nitrogens with two attached hydrogens (primary N) is 1. The first-order valence-corrected chi connectivity index (χ1v) is 9.21. The van der Waals surface area contributed by atoms with Gasteiger partial charge in [0.2, 0.25) is 10.0 Å². The van der Waals surface area contributed by atoms with Crippen LogP contribution in [0.4, 0.5) is 5.69 Å². The number of benzene rings is 1. The van der Waals surface area contributed by atoms with E-state index in [1.54, 1.807) is 13.0 Å². The van der Waals surface area contributed by atoms with Crippen molar-refractivity contribution in [3.8, 4) is 0 Å². The molecule has 20 heavy (non-hydrogen) atoms. The molecule has 0 saturated carbocycles. The van der Waals surface area contributed by atoms with Gasteiger partial charge in [0.25, 0.3) is 0 Å². The minimum Gasteiger partial charge on any atom is -0.398 e. The molecule has 6 heteroatoms. The maximum Gasteiger partial charge on any atom is 0.242 e. The third-order valence-corrected chi connectivity index (χ3v) is 7.05. The number of hydrogen-bond acceptors (Lipinski definition) is 4. The molecule has 1 aromatic carbocycles. The summed E-state index contributed by atoms with van der Waals surface area (Å²) in [6.45, 7) is 6.25. The highest BCUT2D eigenvalue weighted by Gasteiger charge is 2.32. The molecule has 112 valence electrons. The number of nitrogens with one attached hydrogen (secondary N) is 1. The van der Waals surface area contributed by atoms with Crippen LogP contribution in [0, 0.1) is 13.8 Å². The maximum absolute atomic E-state index is 12.5. The molecule has 1 atom stereocenters. The molecule has 1 unspecified atom stereocenters. The minimum atomic E-state index is -3.56. The number of anilines is 1. The van der Waals surface area contributed by atoms with Crippen LogP contribution in [-0.2, 0) is 10.0 Å². The van der Waals surface area contributed by atoms with Crippen LogP contribution in [0.3, 0.4) is 0 Å². The minimum absolute atomic E-state index is 0.000435. The fraction of sp³-hybridized carbons (Fsp3) is 0.571. The Morgan fingerprint density at radius 1 is 1.40 bits per heavy atom. The van der Waals surface area contributed by atoms with Crippen LogP contribution in [0.5, 0.6) is 0 Å². The Morgan fingerprint density at radius 2 is 2.10 bits per heavy atom. The number of sulfonamides is 1. The lowest BCUT2D eigenvalue weighted by Crippen LogP contribution is -2.37. The van der Waals surface area contributed by atoms with Crippen LogP contribution in [0.2, 0.25) is 0 Å². The molecule has 0 aromatic heterocycles. The van der Waals surface area contributed by atoms with Crippen LogP contribution < -0.4 is 10.5 Å². The molecule has 1 saturated heterocycles. The van der Waals surface area contributed by atoms with Crippen LogP contribution in [0.15, 0.2) is 17.0 Å². The summed E-state index contributed by atoms with van der Waals surface area (Å²) < 4.78 is 27.8. The van der Waals surface area contributed by atoms with Gasteiger partial charge in [0, 0.05) is 11.3 Å². The summed E-state index contributed by atoms with van der Waals surface area (Å²) >= 11 is 1.83. The van der Waals surface area contributed by atoms with Crippen molar-refractivity contribution in [2.75, 3.05) is 18.0 Å². The Kier molecular flexibility index (Phi) is 4.37. The third kappa shape index (κ3) is 3.13. The average Bonchev–Trinajstić information content (AvgIpc) is 2.80. The first-order valence-electron chi connectivity index (χ1n) is 6.74. The van der Waals surface area contributed by atoms with Crippen LogP contribution in [0.25, 0.3) is 0 Å². The third-order valence-electron chi connectivity index (χ3n) is 3.91. The second kappa shape index (κ2) is 5.58. The summed E-state index contributed by atoms with van der Waals surface area (Å²) in [5, 5.41) is 0. The summed E-state index contributed by atoms with van der Waals surface area (Å²) in [5.74, 6) is 1.10. The number of aryl methyl sites for hydroxylation is 1. The molecule has 1 aliphatic heterocycles. The van der Waals surface area contributed by atoms with Crippen LogP contribution >= 0.6 is 11.8 Å². The van der Waals surface area contributed by atoms with Crippen molar-refractivity contribution in [3.63, 3.8) is 0 Å². The molecule has 0 spiro atoms. The Hall–Kier alpha value is -0.720. The van der Waals surface area contributed by atoms with E-state index in [-0.39, 0.29) is 9.64 Å². The van der Waals surface area contributed by atoms with Gasteiger partial charge < -0.3 is 5.73 Å². The number of rotatable bonds is 4. The first-order chi connectivity index (χ1) is 9.25. The fourth-order valence-corrected chi connectivity index (χ4v) is 5.39. The average molecular weight is 314 g/mol. The maximum atomic E-state index is 12.5. The largest absolute Gasteiger partial charge is 0.398 e. The van der Waals surface area contributed by atoms with Crippen LogP contribution in [0.1, 0.15) is 30.9 Å². The first kappa shape index (κ1) is 15.7. The van der Waals surface area contributed by atoms with Crippen molar-refractivity contribution in [3.05, 3.63) is 23.3 Å². The lowest BCUT2D eigenvalue weighted by atomic mass is 10.1. The van der Waals surface area contributed by atoms with Gasteiger partial charge in [-0.3, -0.25) is 0 Å². The smallest absolute Gasteiger partial charge is 0.242 e. The fourth-order valence-electron chi connectivity index (χ4n) is 2.46. The quantitative estimate of drug-likeness (QED) is 0.837. The van der Waals surface area contributed by atoms with Gasteiger partial charge in [0.05, 0.1) is 5.69 Å². The molecule has 0 radical (unpaired) electrons. The lowest BCUT2D eigenvalue weighted by molar-refractivity contribution is 0.552. The molecule has 0 amide bonds. The standard InChI is InChI=1S/C14H22N2O2S2/c1-10-5-6-12(15)13(11(10)2)20(17,18)16-9-14(3)7-4-8-19-14/h5-6,16H,4,7-9,15H2,1-3H3. The topological polar surface area (TPSA) is 72.2 Å². The highest BCUT2D eigenvalue weighted by Crippen LogP contribution is 2.37. The second-order valence-electron chi connectivity index (χ2n) is 5.65. The van der Waals surface area contributed by atoms with E-state index in [1.165, 1.54) is 0 Å². The van der Waals surface area contributed by atoms with Gasteiger partial charge in [0.15, 0.2) is 0 Å². The molecule has 2 rings (SSSR count). The van der Waals surface area contributed by atoms with E-state index < -0.39 is 10.0 Å². The molecular formula is C14H22N2O2S2. The second-order valence-corrected chi connectivity index (χ2v) is 9.04. The van der Waals surface area contributed by atoms with Crippen LogP contribution in [-0.4, -0.2) is 25.5 Å². The van der Waals surface area contributed by atoms with Gasteiger partial charge in [0.1, 0.15) is 4.90 Å². The molecule has 1 aromatic rings. The Labute approximate surface area is 125 Å². The highest BCUT2D eigenvalue weighted by molar-refractivity contribution is 8.01. The van der Waals surface area contributed by atoms with Crippen molar-refractivity contribution in [2.45, 2.75) is 43.3 Å². The predicted octanol–water partition coefficient (Wildman–Crippen LogP) is 2.45. The molecule has 1 aliphatic rings. The van der Waals surface area contributed by atoms with Crippen molar-refractivity contribution in [1.82, 2.24) is 4.72 Å². The Morgan fingerprint density at radius 3 is 2.70 bits per heavy atom. The summed E-state index contributed by atoms with van der Waals surface area (Å²) in [7, 11) is -3.56. The zero-order chi connectivity index (χ0) is 15.0. The zero-order valence-electron chi connectivity index (χ0n) is 12.2. The summed E-state index contributed by atoms with van der Waals surface area (Å²) in [4.78, 5) is 0.226. The Bertz CT molecular complexity index is 606. The van der Waals surface area contributed by atoms with E-state index in [0.29, 0.717) is 12.2 Å². The van der Waals surface area contributed by atoms with Gasteiger partial charge in [-0.1, -0.05) is 6.07 Å². The predicted molar refractivity (Wildman–Crippen MR) is 85.6 cm³/mol. The van der Waals surface area contributed by atoms with Crippen molar-refractivity contribution in [2.24, 2.45) is 0 Å². The lowest BCUT2D eigenvalue weighted by Gasteiger charge is -2.23. The van der Waals surface area contributed by atoms with E-state index in [4.69, 9.17) is 5.73 Å². The SMILES string of the molecule is Cc1ccc(N)c(S(=O)(=O)NCC2(C)CCCS2)c1C. The molecular weight excluding hydrogens is 292 g/mol. The Balaban J connectivity index is 2.25. The van der Waals surface area contributed by atoms with E-state index in [0.717, 1.165) is 29.7 Å². The van der Waals surface area contributed by atoms with E-state index in [2.05, 4.69) is 11.6 Å². The van der Waals surface area contributed by atoms with Gasteiger partial charge >= 0.3 is 0 Å². The number of thioether (sulfide) groups is 1. The normalized spacial score (nSPS) is 23.1. The van der Waals surface area contributed by atoms with E-state index >= 15 is 0 Å². The zero-order valence-corrected chi connectivity index (χ0v) is 13.8. The van der Waals surface area contributed by atoms with Gasteiger partial charge in [-0.05, 0) is 56.6 Å². The van der Waals surface area contributed by atoms with Crippen molar-refractivity contribution >= 4 is 27.5 Å². The van der Waals surface area contributed by atoms with E-state index in [1.807, 2.05) is 24.8 Å². The molecule has 0 bridgehead atoms. The molecule has 4 nitrogen and oxygen atoms in total. The molecule has 0 aliphatic carbocycles. The van der Waals surface area contributed by atoms with Gasteiger partial charge in [-0.2, -0.15) is 11.8 Å². The molecule has 1 fully saturated rings. The monoisotopic (exact) mass is 314 g/mol. The summed E-state index contributed by atoms with van der Waals surface area (Å²) in [6, 6.07) is 3.50.